The van der Waals surface area contributed by atoms with Crippen LogP contribution in [0.2, 0.25) is 0 Å². The van der Waals surface area contributed by atoms with Gasteiger partial charge in [-0.3, -0.25) is 0 Å². The minimum atomic E-state index is -0.433. The average Bonchev–Trinajstić information content (AvgIpc) is 2.35. The Bertz CT molecular complexity index is 450. The van der Waals surface area contributed by atoms with E-state index in [1.165, 1.54) is 12.5 Å². The SMILES string of the molecule is CCCOc1cc(N(CCO)C2CCC2)c(N)cc1F. The Morgan fingerprint density at radius 1 is 1.45 bits per heavy atom. The standard InChI is InChI=1S/C15H23FN2O2/c1-2-8-20-15-10-14(13(17)9-12(15)16)18(6-7-19)11-4-3-5-11/h9-11,19H,2-8,17H2,1H3. The Hall–Kier alpha value is -1.49. The molecule has 0 bridgehead atoms. The lowest BCUT2D eigenvalue weighted by atomic mass is 9.91. The fraction of sp³-hybridized carbons (Fsp3) is 0.600. The minimum Gasteiger partial charge on any atom is -0.490 e. The molecule has 0 spiro atoms. The topological polar surface area (TPSA) is 58.7 Å². The third-order valence-electron chi connectivity index (χ3n) is 3.71. The molecule has 5 heteroatoms. The van der Waals surface area contributed by atoms with Crippen LogP contribution in [-0.4, -0.2) is 30.9 Å². The van der Waals surface area contributed by atoms with Crippen molar-refractivity contribution >= 4 is 11.4 Å². The summed E-state index contributed by atoms with van der Waals surface area (Å²) < 4.78 is 19.2. The van der Waals surface area contributed by atoms with E-state index in [0.717, 1.165) is 24.9 Å². The molecule has 0 saturated heterocycles. The summed E-state index contributed by atoms with van der Waals surface area (Å²) in [5.74, 6) is -0.199. The summed E-state index contributed by atoms with van der Waals surface area (Å²) in [7, 11) is 0. The predicted molar refractivity (Wildman–Crippen MR) is 78.7 cm³/mol. The molecule has 1 fully saturated rings. The van der Waals surface area contributed by atoms with Crippen LogP contribution in [-0.2, 0) is 0 Å². The van der Waals surface area contributed by atoms with E-state index in [4.69, 9.17) is 10.5 Å². The molecule has 4 nitrogen and oxygen atoms in total. The van der Waals surface area contributed by atoms with Gasteiger partial charge in [-0.25, -0.2) is 4.39 Å². The van der Waals surface area contributed by atoms with E-state index in [9.17, 15) is 9.50 Å². The zero-order valence-corrected chi connectivity index (χ0v) is 11.9. The predicted octanol–water partition coefficient (Wildman–Crippen LogP) is 2.55. The Morgan fingerprint density at radius 3 is 2.75 bits per heavy atom. The molecule has 1 aromatic carbocycles. The zero-order valence-electron chi connectivity index (χ0n) is 11.9. The summed E-state index contributed by atoms with van der Waals surface area (Å²) in [6.07, 6.45) is 4.18. The van der Waals surface area contributed by atoms with Gasteiger partial charge < -0.3 is 20.5 Å². The smallest absolute Gasteiger partial charge is 0.167 e. The molecule has 0 atom stereocenters. The van der Waals surface area contributed by atoms with Crippen LogP contribution in [0, 0.1) is 5.82 Å². The van der Waals surface area contributed by atoms with Crippen LogP contribution < -0.4 is 15.4 Å². The quantitative estimate of drug-likeness (QED) is 0.755. The minimum absolute atomic E-state index is 0.0540. The summed E-state index contributed by atoms with van der Waals surface area (Å²) >= 11 is 0. The first kappa shape index (κ1) is 14.9. The van der Waals surface area contributed by atoms with Gasteiger partial charge in [0.15, 0.2) is 11.6 Å². The van der Waals surface area contributed by atoms with Gasteiger partial charge >= 0.3 is 0 Å². The number of nitrogen functional groups attached to an aromatic ring is 1. The molecule has 0 aliphatic heterocycles. The molecule has 3 N–H and O–H groups in total. The number of benzene rings is 1. The average molecular weight is 282 g/mol. The second-order valence-electron chi connectivity index (χ2n) is 5.19. The van der Waals surface area contributed by atoms with Crippen molar-refractivity contribution in [2.24, 2.45) is 0 Å². The molecule has 0 amide bonds. The van der Waals surface area contributed by atoms with Crippen molar-refractivity contribution in [2.45, 2.75) is 38.6 Å². The lowest BCUT2D eigenvalue weighted by Gasteiger charge is -2.39. The number of aliphatic hydroxyl groups excluding tert-OH is 1. The summed E-state index contributed by atoms with van der Waals surface area (Å²) in [6.45, 7) is 3.01. The van der Waals surface area contributed by atoms with Gasteiger partial charge in [0.25, 0.3) is 0 Å². The van der Waals surface area contributed by atoms with E-state index in [2.05, 4.69) is 4.90 Å². The van der Waals surface area contributed by atoms with Crippen molar-refractivity contribution in [1.29, 1.82) is 0 Å². The summed E-state index contributed by atoms with van der Waals surface area (Å²) in [5, 5.41) is 9.23. The Kier molecular flexibility index (Phi) is 5.06. The molecule has 2 rings (SSSR count). The van der Waals surface area contributed by atoms with E-state index >= 15 is 0 Å². The van der Waals surface area contributed by atoms with Crippen molar-refractivity contribution in [2.75, 3.05) is 30.4 Å². The van der Waals surface area contributed by atoms with Gasteiger partial charge in [-0.15, -0.1) is 0 Å². The van der Waals surface area contributed by atoms with E-state index in [1.807, 2.05) is 6.92 Å². The summed E-state index contributed by atoms with van der Waals surface area (Å²) in [5.41, 5.74) is 7.10. The van der Waals surface area contributed by atoms with E-state index in [-0.39, 0.29) is 12.4 Å². The Balaban J connectivity index is 2.27. The van der Waals surface area contributed by atoms with Crippen molar-refractivity contribution in [3.63, 3.8) is 0 Å². The maximum absolute atomic E-state index is 13.8. The molecule has 1 saturated carbocycles. The fourth-order valence-electron chi connectivity index (χ4n) is 2.44. The van der Waals surface area contributed by atoms with Crippen LogP contribution in [0.15, 0.2) is 12.1 Å². The van der Waals surface area contributed by atoms with Gasteiger partial charge in [0, 0.05) is 24.7 Å². The number of nitrogens with two attached hydrogens (primary N) is 1. The number of anilines is 2. The third-order valence-corrected chi connectivity index (χ3v) is 3.71. The molecule has 0 unspecified atom stereocenters. The zero-order chi connectivity index (χ0) is 14.5. The van der Waals surface area contributed by atoms with Gasteiger partial charge in [-0.2, -0.15) is 0 Å². The van der Waals surface area contributed by atoms with Crippen molar-refractivity contribution in [3.05, 3.63) is 17.9 Å². The molecule has 1 aliphatic rings. The highest BCUT2D eigenvalue weighted by Gasteiger charge is 2.27. The van der Waals surface area contributed by atoms with E-state index in [1.54, 1.807) is 6.07 Å². The number of aliphatic hydroxyl groups is 1. The normalized spacial score (nSPS) is 14.9. The second kappa shape index (κ2) is 6.79. The highest BCUT2D eigenvalue weighted by atomic mass is 19.1. The van der Waals surface area contributed by atoms with E-state index < -0.39 is 5.82 Å². The summed E-state index contributed by atoms with van der Waals surface area (Å²) in [4.78, 5) is 2.07. The maximum Gasteiger partial charge on any atom is 0.167 e. The first-order valence-electron chi connectivity index (χ1n) is 7.26. The fourth-order valence-corrected chi connectivity index (χ4v) is 2.44. The van der Waals surface area contributed by atoms with Crippen LogP contribution in [0.5, 0.6) is 5.75 Å². The highest BCUT2D eigenvalue weighted by Crippen LogP contribution is 2.36. The lowest BCUT2D eigenvalue weighted by Crippen LogP contribution is -2.42. The van der Waals surface area contributed by atoms with Gasteiger partial charge in [-0.05, 0) is 25.7 Å². The van der Waals surface area contributed by atoms with Crippen LogP contribution >= 0.6 is 0 Å². The number of nitrogens with zero attached hydrogens (tertiary/aromatic N) is 1. The molecule has 0 aromatic heterocycles. The monoisotopic (exact) mass is 282 g/mol. The first-order valence-corrected chi connectivity index (χ1v) is 7.26. The van der Waals surface area contributed by atoms with Crippen LogP contribution in [0.4, 0.5) is 15.8 Å². The van der Waals surface area contributed by atoms with Crippen molar-refractivity contribution in [3.8, 4) is 5.75 Å². The van der Waals surface area contributed by atoms with Gasteiger partial charge in [0.2, 0.25) is 0 Å². The molecular formula is C15H23FN2O2. The number of hydrogen-bond acceptors (Lipinski definition) is 4. The summed E-state index contributed by atoms with van der Waals surface area (Å²) in [6, 6.07) is 3.35. The van der Waals surface area contributed by atoms with Crippen LogP contribution in [0.1, 0.15) is 32.6 Å². The maximum atomic E-state index is 13.8. The van der Waals surface area contributed by atoms with Crippen molar-refractivity contribution in [1.82, 2.24) is 0 Å². The van der Waals surface area contributed by atoms with Crippen LogP contribution in [0.25, 0.3) is 0 Å². The number of hydrogen-bond donors (Lipinski definition) is 2. The molecule has 1 aromatic rings. The Labute approximate surface area is 119 Å². The van der Waals surface area contributed by atoms with Gasteiger partial charge in [-0.1, -0.05) is 6.92 Å². The molecular weight excluding hydrogens is 259 g/mol. The first-order chi connectivity index (χ1) is 9.67. The second-order valence-corrected chi connectivity index (χ2v) is 5.19. The van der Waals surface area contributed by atoms with Gasteiger partial charge in [0.1, 0.15) is 0 Å². The lowest BCUT2D eigenvalue weighted by molar-refractivity contribution is 0.282. The molecule has 112 valence electrons. The Morgan fingerprint density at radius 2 is 2.20 bits per heavy atom. The molecule has 1 aliphatic carbocycles. The number of ether oxygens (including phenoxy) is 1. The van der Waals surface area contributed by atoms with E-state index in [0.29, 0.717) is 24.9 Å². The molecule has 0 radical (unpaired) electrons. The molecule has 20 heavy (non-hydrogen) atoms. The largest absolute Gasteiger partial charge is 0.490 e. The van der Waals surface area contributed by atoms with Gasteiger partial charge in [0.05, 0.1) is 24.6 Å². The highest BCUT2D eigenvalue weighted by molar-refractivity contribution is 5.70. The molecule has 0 heterocycles. The van der Waals surface area contributed by atoms with Crippen LogP contribution in [0.3, 0.4) is 0 Å². The van der Waals surface area contributed by atoms with Crippen molar-refractivity contribution < 1.29 is 14.2 Å². The number of halogens is 1. The third kappa shape index (κ3) is 3.15. The number of rotatable bonds is 7.